The minimum absolute atomic E-state index is 0.0977. The van der Waals surface area contributed by atoms with Crippen LogP contribution in [0.5, 0.6) is 0 Å². The maximum absolute atomic E-state index is 13.0. The molecule has 4 rings (SSSR count). The zero-order valence-electron chi connectivity index (χ0n) is 19.8. The molecule has 10 nitrogen and oxygen atoms in total. The van der Waals surface area contributed by atoms with E-state index in [1.54, 1.807) is 18.5 Å². The third-order valence-corrected chi connectivity index (χ3v) is 7.10. The molecule has 2 N–H and O–H groups in total. The second-order valence-corrected chi connectivity index (χ2v) is 10.9. The molecular weight excluding hydrogens is 523 g/mol. The first-order valence-electron chi connectivity index (χ1n) is 10.9. The van der Waals surface area contributed by atoms with Gasteiger partial charge in [-0.15, -0.1) is 21.5 Å². The van der Waals surface area contributed by atoms with Gasteiger partial charge in [-0.2, -0.15) is 0 Å². The molecule has 0 spiro atoms. The number of aromatic nitrogens is 7. The zero-order valence-corrected chi connectivity index (χ0v) is 22.2. The third-order valence-electron chi connectivity index (χ3n) is 5.24. The van der Waals surface area contributed by atoms with E-state index >= 15 is 0 Å². The number of nitrogens with zero attached hydrogens (tertiary/aromatic N) is 6. The summed E-state index contributed by atoms with van der Waals surface area (Å²) in [6.07, 6.45) is 6.04. The Hall–Kier alpha value is -3.28. The van der Waals surface area contributed by atoms with Gasteiger partial charge in [0.1, 0.15) is 22.6 Å². The lowest BCUT2D eigenvalue weighted by molar-refractivity contribution is 0.0969. The number of Topliss-reactive ketones (excluding diaryl/α,β-unsaturated/α-hetero) is 1. The van der Waals surface area contributed by atoms with Crippen molar-refractivity contribution in [2.75, 3.05) is 5.32 Å². The largest absolute Gasteiger partial charge is 0.343 e. The van der Waals surface area contributed by atoms with Gasteiger partial charge in [0.05, 0.1) is 16.2 Å². The Balaban J connectivity index is 1.45. The first kappa shape index (κ1) is 25.8. The molecule has 0 radical (unpaired) electrons. The number of carbonyl (C=O) groups is 2. The Kier molecular flexibility index (Phi) is 7.43. The molecule has 0 aliphatic heterocycles. The summed E-state index contributed by atoms with van der Waals surface area (Å²) >= 11 is 13.8. The van der Waals surface area contributed by atoms with Gasteiger partial charge in [-0.05, 0) is 11.5 Å². The molecule has 1 amide bonds. The second kappa shape index (κ2) is 10.4. The number of rotatable bonds is 7. The highest BCUT2D eigenvalue weighted by Crippen LogP contribution is 2.31. The monoisotopic (exact) mass is 544 g/mol. The molecule has 0 aromatic carbocycles. The molecule has 0 saturated heterocycles. The van der Waals surface area contributed by atoms with Crippen LogP contribution < -0.4 is 5.32 Å². The number of halogens is 2. The number of imidazole rings is 1. The smallest absolute Gasteiger partial charge is 0.268 e. The van der Waals surface area contributed by atoms with Crippen LogP contribution in [0.15, 0.2) is 31.0 Å². The highest BCUT2D eigenvalue weighted by Gasteiger charge is 2.24. The number of thiazole rings is 1. The van der Waals surface area contributed by atoms with Crippen molar-refractivity contribution in [3.63, 3.8) is 0 Å². The van der Waals surface area contributed by atoms with Gasteiger partial charge in [0.15, 0.2) is 22.6 Å². The van der Waals surface area contributed by atoms with Crippen molar-refractivity contribution in [3.8, 4) is 11.5 Å². The molecule has 0 bridgehead atoms. The molecule has 4 aromatic rings. The van der Waals surface area contributed by atoms with E-state index in [-0.39, 0.29) is 40.2 Å². The van der Waals surface area contributed by atoms with Gasteiger partial charge in [-0.25, -0.2) is 19.9 Å². The Morgan fingerprint density at radius 1 is 1.14 bits per heavy atom. The number of ketones is 1. The van der Waals surface area contributed by atoms with E-state index < -0.39 is 0 Å². The first-order chi connectivity index (χ1) is 17.0. The lowest BCUT2D eigenvalue weighted by atomic mass is 9.88. The van der Waals surface area contributed by atoms with Gasteiger partial charge in [-0.3, -0.25) is 9.59 Å². The Labute approximate surface area is 221 Å². The molecule has 0 fully saturated rings. The molecule has 0 saturated carbocycles. The molecule has 1 unspecified atom stereocenters. The van der Waals surface area contributed by atoms with Gasteiger partial charge in [0.25, 0.3) is 5.91 Å². The van der Waals surface area contributed by atoms with Crippen LogP contribution in [-0.2, 0) is 5.41 Å². The molecule has 1 atom stereocenters. The molecule has 4 aromatic heterocycles. The summed E-state index contributed by atoms with van der Waals surface area (Å²) in [4.78, 5) is 45.7. The van der Waals surface area contributed by atoms with Crippen molar-refractivity contribution in [2.24, 2.45) is 0 Å². The minimum Gasteiger partial charge on any atom is -0.343 e. The van der Waals surface area contributed by atoms with Crippen LogP contribution in [0, 0.1) is 0 Å². The molecule has 0 aliphatic carbocycles. The fourth-order valence-corrected chi connectivity index (χ4v) is 4.88. The van der Waals surface area contributed by atoms with Crippen LogP contribution in [0.25, 0.3) is 11.5 Å². The Morgan fingerprint density at radius 3 is 2.61 bits per heavy atom. The number of amides is 1. The van der Waals surface area contributed by atoms with Crippen LogP contribution in [0.4, 0.5) is 5.82 Å². The average Bonchev–Trinajstić information content (AvgIpc) is 3.52. The number of aromatic amines is 1. The number of nitrogens with one attached hydrogen (secondary N) is 2. The van der Waals surface area contributed by atoms with E-state index in [9.17, 15) is 9.59 Å². The van der Waals surface area contributed by atoms with E-state index in [0.717, 1.165) is 5.56 Å². The number of H-pyrrole nitrogens is 1. The summed E-state index contributed by atoms with van der Waals surface area (Å²) in [6.45, 7) is 7.82. The van der Waals surface area contributed by atoms with Crippen molar-refractivity contribution in [2.45, 2.75) is 45.4 Å². The quantitative estimate of drug-likeness (QED) is 0.297. The summed E-state index contributed by atoms with van der Waals surface area (Å²) in [5, 5.41) is 11.7. The Bertz CT molecular complexity index is 1420. The van der Waals surface area contributed by atoms with Gasteiger partial charge in [-0.1, -0.05) is 50.9 Å². The lowest BCUT2D eigenvalue weighted by Gasteiger charge is -2.20. The van der Waals surface area contributed by atoms with E-state index in [1.807, 2.05) is 27.7 Å². The Morgan fingerprint density at radius 2 is 1.92 bits per heavy atom. The average molecular weight is 545 g/mol. The first-order valence-corrected chi connectivity index (χ1v) is 12.5. The SMILES string of the molecule is CC(CC(=O)c1ncnc(-c2ncc[nH]2)c1Cl)c1ncc(C(=O)Nc2cc(C(C)(C)C)c(Cl)nn2)s1. The number of hydrogen-bond donors (Lipinski definition) is 2. The molecule has 36 heavy (non-hydrogen) atoms. The van der Waals surface area contributed by atoms with Crippen LogP contribution in [0.2, 0.25) is 10.2 Å². The van der Waals surface area contributed by atoms with Crippen LogP contribution in [0.1, 0.15) is 70.8 Å². The highest BCUT2D eigenvalue weighted by atomic mass is 35.5. The maximum atomic E-state index is 13.0. The van der Waals surface area contributed by atoms with E-state index in [1.165, 1.54) is 23.9 Å². The molecule has 0 aliphatic rings. The third kappa shape index (κ3) is 5.58. The van der Waals surface area contributed by atoms with Crippen LogP contribution >= 0.6 is 34.5 Å². The van der Waals surface area contributed by atoms with Gasteiger partial charge in [0, 0.05) is 30.3 Å². The summed E-state index contributed by atoms with van der Waals surface area (Å²) in [5.41, 5.74) is 0.957. The van der Waals surface area contributed by atoms with Crippen molar-refractivity contribution >= 4 is 52.0 Å². The zero-order chi connectivity index (χ0) is 26.0. The van der Waals surface area contributed by atoms with Crippen molar-refractivity contribution in [3.05, 3.63) is 62.3 Å². The standard InChI is InChI=1S/C23H22Cl2N8O2S/c1-11(7-13(34)17-16(24)18(30-10-29-17)20-26-5-6-27-20)22-28-9-14(36-22)21(35)31-15-8-12(23(2,3)4)19(25)33-32-15/h5-6,8-11H,7H2,1-4H3,(H,26,27)(H,31,32,35). The second-order valence-electron chi connectivity index (χ2n) is 9.05. The molecule has 13 heteroatoms. The summed E-state index contributed by atoms with van der Waals surface area (Å²) in [7, 11) is 0. The highest BCUT2D eigenvalue weighted by molar-refractivity contribution is 7.13. The van der Waals surface area contributed by atoms with Crippen LogP contribution in [0.3, 0.4) is 0 Å². The number of hydrogen-bond acceptors (Lipinski definition) is 9. The fourth-order valence-electron chi connectivity index (χ4n) is 3.35. The van der Waals surface area contributed by atoms with Crippen molar-refractivity contribution < 1.29 is 9.59 Å². The fraction of sp³-hybridized carbons (Fsp3) is 0.304. The van der Waals surface area contributed by atoms with Crippen molar-refractivity contribution in [1.82, 2.24) is 35.1 Å². The van der Waals surface area contributed by atoms with E-state index in [4.69, 9.17) is 23.2 Å². The van der Waals surface area contributed by atoms with Gasteiger partial charge in [0.2, 0.25) is 0 Å². The number of anilines is 1. The minimum atomic E-state index is -0.379. The molecule has 186 valence electrons. The number of carbonyl (C=O) groups excluding carboxylic acids is 2. The van der Waals surface area contributed by atoms with E-state index in [2.05, 4.69) is 40.4 Å². The van der Waals surface area contributed by atoms with Crippen molar-refractivity contribution in [1.29, 1.82) is 0 Å². The topological polar surface area (TPSA) is 139 Å². The molecular formula is C23H22Cl2N8O2S. The molecule has 4 heterocycles. The summed E-state index contributed by atoms with van der Waals surface area (Å²) in [6, 6.07) is 1.71. The summed E-state index contributed by atoms with van der Waals surface area (Å²) in [5.74, 6) is -0.186. The van der Waals surface area contributed by atoms with Gasteiger partial charge < -0.3 is 10.3 Å². The maximum Gasteiger partial charge on any atom is 0.268 e. The predicted octanol–water partition coefficient (Wildman–Crippen LogP) is 5.35. The normalized spacial score (nSPS) is 12.4. The van der Waals surface area contributed by atoms with Gasteiger partial charge >= 0.3 is 0 Å². The predicted molar refractivity (Wildman–Crippen MR) is 138 cm³/mol. The van der Waals surface area contributed by atoms with E-state index in [0.29, 0.717) is 32.4 Å². The lowest BCUT2D eigenvalue weighted by Crippen LogP contribution is -2.17. The van der Waals surface area contributed by atoms with Crippen LogP contribution in [-0.4, -0.2) is 46.8 Å². The summed E-state index contributed by atoms with van der Waals surface area (Å²) < 4.78 is 0.